The molecule has 87 valence electrons. The SMILES string of the molecule is [CH2]CN1CC=C(c2c[nH]c3ccccc23)CC1. The highest BCUT2D eigenvalue weighted by atomic mass is 15.1. The zero-order valence-electron chi connectivity index (χ0n) is 9.95. The number of benzene rings is 1. The van der Waals surface area contributed by atoms with Crippen LogP contribution in [0.3, 0.4) is 0 Å². The average Bonchev–Trinajstić information content (AvgIpc) is 2.83. The standard InChI is InChI=1S/C15H17N2/c1-2-17-9-7-12(8-10-17)14-11-16-15-6-4-3-5-13(14)15/h3-7,11,16H,1-2,8-10H2. The summed E-state index contributed by atoms with van der Waals surface area (Å²) in [6, 6.07) is 8.49. The second-order valence-electron chi connectivity index (χ2n) is 4.53. The van der Waals surface area contributed by atoms with Gasteiger partial charge in [0.1, 0.15) is 0 Å². The van der Waals surface area contributed by atoms with Crippen molar-refractivity contribution in [1.82, 2.24) is 9.88 Å². The third-order valence-electron chi connectivity index (χ3n) is 3.54. The molecule has 2 heterocycles. The molecule has 1 N–H and O–H groups in total. The van der Waals surface area contributed by atoms with Gasteiger partial charge in [0.25, 0.3) is 0 Å². The van der Waals surface area contributed by atoms with Gasteiger partial charge in [0, 0.05) is 35.8 Å². The molecule has 0 spiro atoms. The first-order valence-electron chi connectivity index (χ1n) is 6.15. The van der Waals surface area contributed by atoms with E-state index in [4.69, 9.17) is 0 Å². The largest absolute Gasteiger partial charge is 0.361 e. The molecule has 0 atom stereocenters. The van der Waals surface area contributed by atoms with Gasteiger partial charge >= 0.3 is 0 Å². The van der Waals surface area contributed by atoms with E-state index in [9.17, 15) is 0 Å². The second-order valence-corrected chi connectivity index (χ2v) is 4.53. The molecule has 0 bridgehead atoms. The maximum atomic E-state index is 3.94. The van der Waals surface area contributed by atoms with E-state index in [1.165, 1.54) is 22.0 Å². The van der Waals surface area contributed by atoms with Gasteiger partial charge in [-0.15, -0.1) is 0 Å². The Kier molecular flexibility index (Phi) is 2.73. The number of nitrogens with one attached hydrogen (secondary N) is 1. The maximum Gasteiger partial charge on any atom is 0.0460 e. The average molecular weight is 225 g/mol. The Morgan fingerprint density at radius 3 is 2.94 bits per heavy atom. The summed E-state index contributed by atoms with van der Waals surface area (Å²) in [5.74, 6) is 0. The molecule has 3 rings (SSSR count). The van der Waals surface area contributed by atoms with Crippen LogP contribution in [0.5, 0.6) is 0 Å². The number of para-hydroxylation sites is 1. The lowest BCUT2D eigenvalue weighted by Crippen LogP contribution is -2.28. The number of nitrogens with zero attached hydrogens (tertiary/aromatic N) is 1. The topological polar surface area (TPSA) is 19.0 Å². The smallest absolute Gasteiger partial charge is 0.0460 e. The highest BCUT2D eigenvalue weighted by molar-refractivity contribution is 5.92. The van der Waals surface area contributed by atoms with Gasteiger partial charge in [-0.3, -0.25) is 4.90 Å². The molecule has 0 fully saturated rings. The van der Waals surface area contributed by atoms with E-state index in [-0.39, 0.29) is 0 Å². The highest BCUT2D eigenvalue weighted by Gasteiger charge is 2.13. The number of hydrogen-bond donors (Lipinski definition) is 1. The lowest BCUT2D eigenvalue weighted by atomic mass is 9.99. The molecule has 0 saturated carbocycles. The van der Waals surface area contributed by atoms with E-state index in [2.05, 4.69) is 53.3 Å². The van der Waals surface area contributed by atoms with Crippen molar-refractivity contribution in [1.29, 1.82) is 0 Å². The van der Waals surface area contributed by atoms with Crippen LogP contribution < -0.4 is 0 Å². The molecule has 17 heavy (non-hydrogen) atoms. The van der Waals surface area contributed by atoms with Crippen LogP contribution in [-0.2, 0) is 0 Å². The molecule has 1 aromatic heterocycles. The first-order chi connectivity index (χ1) is 8.38. The quantitative estimate of drug-likeness (QED) is 0.832. The minimum Gasteiger partial charge on any atom is -0.361 e. The number of aromatic nitrogens is 1. The van der Waals surface area contributed by atoms with Crippen molar-refractivity contribution in [2.75, 3.05) is 19.6 Å². The van der Waals surface area contributed by atoms with Crippen LogP contribution in [0.4, 0.5) is 0 Å². The Morgan fingerprint density at radius 1 is 1.29 bits per heavy atom. The van der Waals surface area contributed by atoms with Crippen molar-refractivity contribution in [2.24, 2.45) is 0 Å². The number of hydrogen-bond acceptors (Lipinski definition) is 1. The summed E-state index contributed by atoms with van der Waals surface area (Å²) in [7, 11) is 0. The van der Waals surface area contributed by atoms with Crippen molar-refractivity contribution < 1.29 is 0 Å². The van der Waals surface area contributed by atoms with Gasteiger partial charge in [-0.2, -0.15) is 0 Å². The van der Waals surface area contributed by atoms with E-state index in [0.717, 1.165) is 26.1 Å². The maximum absolute atomic E-state index is 3.94. The van der Waals surface area contributed by atoms with E-state index in [1.807, 2.05) is 0 Å². The summed E-state index contributed by atoms with van der Waals surface area (Å²) in [5.41, 5.74) is 4.06. The fourth-order valence-electron chi connectivity index (χ4n) is 2.50. The second kappa shape index (κ2) is 4.38. The Morgan fingerprint density at radius 2 is 2.18 bits per heavy atom. The Bertz CT molecular complexity index is 551. The van der Waals surface area contributed by atoms with Crippen LogP contribution in [0.15, 0.2) is 36.5 Å². The number of aromatic amines is 1. The number of rotatable bonds is 2. The summed E-state index contributed by atoms with van der Waals surface area (Å²) in [4.78, 5) is 5.70. The Hall–Kier alpha value is -1.54. The lowest BCUT2D eigenvalue weighted by Gasteiger charge is -2.24. The van der Waals surface area contributed by atoms with Crippen molar-refractivity contribution >= 4 is 16.5 Å². The van der Waals surface area contributed by atoms with Gasteiger partial charge in [-0.25, -0.2) is 0 Å². The van der Waals surface area contributed by atoms with Crippen LogP contribution in [0.25, 0.3) is 16.5 Å². The molecule has 1 radical (unpaired) electrons. The van der Waals surface area contributed by atoms with Gasteiger partial charge in [-0.05, 0) is 31.5 Å². The molecule has 2 nitrogen and oxygen atoms in total. The van der Waals surface area contributed by atoms with Gasteiger partial charge < -0.3 is 4.98 Å². The molecule has 2 aromatic rings. The summed E-state index contributed by atoms with van der Waals surface area (Å²) in [6.07, 6.45) is 5.60. The van der Waals surface area contributed by atoms with Gasteiger partial charge in [-0.1, -0.05) is 24.3 Å². The first-order valence-corrected chi connectivity index (χ1v) is 6.15. The summed E-state index contributed by atoms with van der Waals surface area (Å²) in [5, 5.41) is 1.34. The first kappa shape index (κ1) is 10.6. The van der Waals surface area contributed by atoms with Crippen molar-refractivity contribution in [2.45, 2.75) is 6.42 Å². The molecule has 1 aliphatic heterocycles. The lowest BCUT2D eigenvalue weighted by molar-refractivity contribution is 0.333. The van der Waals surface area contributed by atoms with Crippen molar-refractivity contribution in [3.63, 3.8) is 0 Å². The molecule has 1 aliphatic rings. The van der Waals surface area contributed by atoms with Crippen LogP contribution in [0.2, 0.25) is 0 Å². The van der Waals surface area contributed by atoms with E-state index in [1.54, 1.807) is 0 Å². The number of fused-ring (bicyclic) bond motifs is 1. The van der Waals surface area contributed by atoms with Crippen LogP contribution in [0, 0.1) is 6.92 Å². The molecule has 0 unspecified atom stereocenters. The fourth-order valence-corrected chi connectivity index (χ4v) is 2.50. The highest BCUT2D eigenvalue weighted by Crippen LogP contribution is 2.28. The predicted molar refractivity (Wildman–Crippen MR) is 72.7 cm³/mol. The van der Waals surface area contributed by atoms with Crippen LogP contribution >= 0.6 is 0 Å². The molecular formula is C15H17N2. The minimum absolute atomic E-state index is 0.900. The number of H-pyrrole nitrogens is 1. The van der Waals surface area contributed by atoms with Gasteiger partial charge in [0.2, 0.25) is 0 Å². The minimum atomic E-state index is 0.900. The zero-order valence-corrected chi connectivity index (χ0v) is 9.95. The molecule has 0 amide bonds. The van der Waals surface area contributed by atoms with Crippen molar-refractivity contribution in [3.05, 3.63) is 49.0 Å². The van der Waals surface area contributed by atoms with Crippen LogP contribution in [-0.4, -0.2) is 29.5 Å². The summed E-state index contributed by atoms with van der Waals surface area (Å²) >= 11 is 0. The third-order valence-corrected chi connectivity index (χ3v) is 3.54. The van der Waals surface area contributed by atoms with E-state index < -0.39 is 0 Å². The Balaban J connectivity index is 1.97. The predicted octanol–water partition coefficient (Wildman–Crippen LogP) is 3.09. The summed E-state index contributed by atoms with van der Waals surface area (Å²) < 4.78 is 0. The molecule has 0 saturated heterocycles. The van der Waals surface area contributed by atoms with E-state index in [0.29, 0.717) is 0 Å². The monoisotopic (exact) mass is 225 g/mol. The van der Waals surface area contributed by atoms with Crippen LogP contribution in [0.1, 0.15) is 12.0 Å². The Labute approximate surface area is 102 Å². The van der Waals surface area contributed by atoms with E-state index >= 15 is 0 Å². The third kappa shape index (κ3) is 1.89. The normalized spacial score (nSPS) is 17.4. The zero-order chi connectivity index (χ0) is 11.7. The summed E-state index contributed by atoms with van der Waals surface area (Å²) in [6.45, 7) is 6.98. The molecule has 2 heteroatoms. The fraction of sp³-hybridized carbons (Fsp3) is 0.267. The van der Waals surface area contributed by atoms with Crippen molar-refractivity contribution in [3.8, 4) is 0 Å². The van der Waals surface area contributed by atoms with Gasteiger partial charge in [0.05, 0.1) is 0 Å². The molecule has 0 aliphatic carbocycles. The molecule has 1 aromatic carbocycles. The molecular weight excluding hydrogens is 208 g/mol. The van der Waals surface area contributed by atoms with Gasteiger partial charge in [0.15, 0.2) is 0 Å².